The SMILES string of the molecule is Cc1ccc(C(=O)NC(C(=O)N(C)CC(C)(C)CN)C(C)C)cc1.Cl. The van der Waals surface area contributed by atoms with Gasteiger partial charge >= 0.3 is 0 Å². The third-order valence-corrected chi connectivity index (χ3v) is 4.13. The fraction of sp³-hybridized carbons (Fsp3) is 0.579. The van der Waals surface area contributed by atoms with Gasteiger partial charge in [-0.15, -0.1) is 12.4 Å². The molecule has 2 amide bonds. The van der Waals surface area contributed by atoms with Gasteiger partial charge in [0, 0.05) is 19.2 Å². The minimum absolute atomic E-state index is 0. The summed E-state index contributed by atoms with van der Waals surface area (Å²) in [4.78, 5) is 26.9. The Labute approximate surface area is 157 Å². The normalized spacial score (nSPS) is 12.3. The molecule has 1 unspecified atom stereocenters. The summed E-state index contributed by atoms with van der Waals surface area (Å²) in [6, 6.07) is 6.76. The number of benzene rings is 1. The molecule has 0 radical (unpaired) electrons. The molecule has 142 valence electrons. The van der Waals surface area contributed by atoms with Crippen molar-refractivity contribution in [3.05, 3.63) is 35.4 Å². The fourth-order valence-electron chi connectivity index (χ4n) is 2.47. The number of nitrogens with zero attached hydrogens (tertiary/aromatic N) is 1. The highest BCUT2D eigenvalue weighted by atomic mass is 35.5. The van der Waals surface area contributed by atoms with Gasteiger partial charge < -0.3 is 16.0 Å². The topological polar surface area (TPSA) is 75.4 Å². The molecule has 0 saturated heterocycles. The molecule has 3 N–H and O–H groups in total. The molecular formula is C19H32ClN3O2. The van der Waals surface area contributed by atoms with Gasteiger partial charge in [-0.1, -0.05) is 45.4 Å². The lowest BCUT2D eigenvalue weighted by Gasteiger charge is -2.32. The zero-order valence-corrected chi connectivity index (χ0v) is 16.9. The van der Waals surface area contributed by atoms with E-state index >= 15 is 0 Å². The lowest BCUT2D eigenvalue weighted by Crippen LogP contribution is -2.52. The van der Waals surface area contributed by atoms with Gasteiger partial charge in [-0.05, 0) is 36.9 Å². The van der Waals surface area contributed by atoms with Crippen molar-refractivity contribution in [2.75, 3.05) is 20.1 Å². The number of nitrogens with two attached hydrogens (primary N) is 1. The molecule has 1 atom stereocenters. The summed E-state index contributed by atoms with van der Waals surface area (Å²) in [5.74, 6) is -0.323. The molecule has 5 nitrogen and oxygen atoms in total. The smallest absolute Gasteiger partial charge is 0.251 e. The van der Waals surface area contributed by atoms with Crippen LogP contribution in [0, 0.1) is 18.3 Å². The highest BCUT2D eigenvalue weighted by Gasteiger charge is 2.30. The Hall–Kier alpha value is -1.59. The summed E-state index contributed by atoms with van der Waals surface area (Å²) in [5, 5.41) is 2.88. The Bertz CT molecular complexity index is 571. The quantitative estimate of drug-likeness (QED) is 0.775. The summed E-state index contributed by atoms with van der Waals surface area (Å²) in [6.45, 7) is 10.9. The maximum Gasteiger partial charge on any atom is 0.251 e. The Morgan fingerprint density at radius 1 is 1.20 bits per heavy atom. The van der Waals surface area contributed by atoms with Crippen molar-refractivity contribution in [1.29, 1.82) is 0 Å². The highest BCUT2D eigenvalue weighted by molar-refractivity contribution is 5.97. The summed E-state index contributed by atoms with van der Waals surface area (Å²) in [7, 11) is 1.76. The standard InChI is InChI=1S/C19H31N3O2.ClH/c1-13(2)16(18(24)22(6)12-19(4,5)11-20)21-17(23)15-9-7-14(3)8-10-15;/h7-10,13,16H,11-12,20H2,1-6H3,(H,21,23);1H. The number of likely N-dealkylation sites (N-methyl/N-ethyl adjacent to an activating group) is 1. The van der Waals surface area contributed by atoms with Crippen LogP contribution in [0.3, 0.4) is 0 Å². The van der Waals surface area contributed by atoms with Crippen LogP contribution in [0.25, 0.3) is 0 Å². The molecule has 1 rings (SSSR count). The molecule has 0 aliphatic heterocycles. The second-order valence-electron chi connectivity index (χ2n) is 7.62. The van der Waals surface area contributed by atoms with Crippen LogP contribution in [0.5, 0.6) is 0 Å². The van der Waals surface area contributed by atoms with Crippen LogP contribution in [0.15, 0.2) is 24.3 Å². The van der Waals surface area contributed by atoms with Gasteiger partial charge in [0.25, 0.3) is 5.91 Å². The highest BCUT2D eigenvalue weighted by Crippen LogP contribution is 2.16. The van der Waals surface area contributed by atoms with Crippen molar-refractivity contribution in [3.8, 4) is 0 Å². The number of halogens is 1. The van der Waals surface area contributed by atoms with Gasteiger partial charge in [0.2, 0.25) is 5.91 Å². The molecule has 0 aromatic heterocycles. The molecule has 1 aromatic rings. The second kappa shape index (κ2) is 9.78. The number of rotatable bonds is 7. The molecule has 0 aliphatic carbocycles. The van der Waals surface area contributed by atoms with Crippen molar-refractivity contribution < 1.29 is 9.59 Å². The van der Waals surface area contributed by atoms with E-state index in [9.17, 15) is 9.59 Å². The number of hydrogen-bond donors (Lipinski definition) is 2. The Balaban J connectivity index is 0.00000576. The average molecular weight is 370 g/mol. The molecule has 1 aromatic carbocycles. The first-order valence-corrected chi connectivity index (χ1v) is 8.40. The van der Waals surface area contributed by atoms with Crippen molar-refractivity contribution >= 4 is 24.2 Å². The van der Waals surface area contributed by atoms with E-state index in [1.54, 1.807) is 24.1 Å². The monoisotopic (exact) mass is 369 g/mol. The fourth-order valence-corrected chi connectivity index (χ4v) is 2.47. The summed E-state index contributed by atoms with van der Waals surface area (Å²) < 4.78 is 0. The van der Waals surface area contributed by atoms with E-state index in [0.717, 1.165) is 5.56 Å². The van der Waals surface area contributed by atoms with E-state index in [2.05, 4.69) is 5.32 Å². The maximum absolute atomic E-state index is 12.8. The maximum atomic E-state index is 12.8. The average Bonchev–Trinajstić information content (AvgIpc) is 2.51. The molecule has 0 heterocycles. The van der Waals surface area contributed by atoms with Crippen molar-refractivity contribution in [1.82, 2.24) is 10.2 Å². The molecule has 0 fully saturated rings. The number of nitrogens with one attached hydrogen (secondary N) is 1. The van der Waals surface area contributed by atoms with Gasteiger partial charge in [-0.25, -0.2) is 0 Å². The number of carbonyl (C=O) groups is 2. The number of hydrogen-bond acceptors (Lipinski definition) is 3. The van der Waals surface area contributed by atoms with Gasteiger partial charge in [-0.2, -0.15) is 0 Å². The number of carbonyl (C=O) groups excluding carboxylic acids is 2. The van der Waals surface area contributed by atoms with E-state index in [4.69, 9.17) is 5.73 Å². The third-order valence-electron chi connectivity index (χ3n) is 4.13. The van der Waals surface area contributed by atoms with E-state index in [-0.39, 0.29) is 35.6 Å². The lowest BCUT2D eigenvalue weighted by molar-refractivity contribution is -0.134. The second-order valence-corrected chi connectivity index (χ2v) is 7.62. The minimum atomic E-state index is -0.558. The third kappa shape index (κ3) is 7.04. The van der Waals surface area contributed by atoms with Crippen LogP contribution in [0.2, 0.25) is 0 Å². The van der Waals surface area contributed by atoms with E-state index in [1.807, 2.05) is 46.8 Å². The Morgan fingerprint density at radius 2 is 1.72 bits per heavy atom. The van der Waals surface area contributed by atoms with Crippen LogP contribution in [-0.4, -0.2) is 42.9 Å². The molecule has 0 aliphatic rings. The van der Waals surface area contributed by atoms with Gasteiger partial charge in [0.1, 0.15) is 6.04 Å². The predicted octanol–water partition coefficient (Wildman–Crippen LogP) is 2.61. The minimum Gasteiger partial charge on any atom is -0.343 e. The summed E-state index contributed by atoms with van der Waals surface area (Å²) in [5.41, 5.74) is 7.24. The lowest BCUT2D eigenvalue weighted by atomic mass is 9.92. The van der Waals surface area contributed by atoms with Crippen molar-refractivity contribution in [3.63, 3.8) is 0 Å². The van der Waals surface area contributed by atoms with E-state index in [0.29, 0.717) is 18.7 Å². The van der Waals surface area contributed by atoms with Crippen LogP contribution < -0.4 is 11.1 Å². The van der Waals surface area contributed by atoms with Crippen LogP contribution in [0.1, 0.15) is 43.6 Å². The first-order chi connectivity index (χ1) is 11.1. The zero-order valence-electron chi connectivity index (χ0n) is 16.1. The van der Waals surface area contributed by atoms with Crippen molar-refractivity contribution in [2.45, 2.75) is 40.7 Å². The first-order valence-electron chi connectivity index (χ1n) is 8.40. The van der Waals surface area contributed by atoms with Crippen LogP contribution >= 0.6 is 12.4 Å². The molecule has 25 heavy (non-hydrogen) atoms. The Kier molecular flexibility index (Phi) is 9.16. The van der Waals surface area contributed by atoms with Gasteiger partial charge in [0.15, 0.2) is 0 Å². The molecule has 0 saturated carbocycles. The molecule has 0 bridgehead atoms. The predicted molar refractivity (Wildman–Crippen MR) is 105 cm³/mol. The summed E-state index contributed by atoms with van der Waals surface area (Å²) in [6.07, 6.45) is 0. The molecule has 6 heteroatoms. The van der Waals surface area contributed by atoms with Crippen LogP contribution in [0.4, 0.5) is 0 Å². The number of amides is 2. The largest absolute Gasteiger partial charge is 0.343 e. The van der Waals surface area contributed by atoms with Crippen LogP contribution in [-0.2, 0) is 4.79 Å². The zero-order chi connectivity index (χ0) is 18.5. The van der Waals surface area contributed by atoms with Crippen molar-refractivity contribution in [2.24, 2.45) is 17.1 Å². The summed E-state index contributed by atoms with van der Waals surface area (Å²) >= 11 is 0. The van der Waals surface area contributed by atoms with E-state index < -0.39 is 6.04 Å². The van der Waals surface area contributed by atoms with E-state index in [1.165, 1.54) is 0 Å². The Morgan fingerprint density at radius 3 is 2.16 bits per heavy atom. The molecule has 0 spiro atoms. The first kappa shape index (κ1) is 23.4. The molecular weight excluding hydrogens is 338 g/mol. The van der Waals surface area contributed by atoms with Gasteiger partial charge in [0.05, 0.1) is 0 Å². The van der Waals surface area contributed by atoms with Gasteiger partial charge in [-0.3, -0.25) is 9.59 Å². The number of aryl methyl sites for hydroxylation is 1.